The van der Waals surface area contributed by atoms with Crippen molar-refractivity contribution in [2.24, 2.45) is 0 Å². The fourth-order valence-corrected chi connectivity index (χ4v) is 2.90. The van der Waals surface area contributed by atoms with Gasteiger partial charge in [0, 0.05) is 11.8 Å². The Morgan fingerprint density at radius 3 is 2.43 bits per heavy atom. The summed E-state index contributed by atoms with van der Waals surface area (Å²) >= 11 is 0. The number of benzene rings is 2. The first-order chi connectivity index (χ1) is 11.1. The highest BCUT2D eigenvalue weighted by molar-refractivity contribution is 6.09. The van der Waals surface area contributed by atoms with E-state index in [0.717, 1.165) is 5.56 Å². The van der Waals surface area contributed by atoms with E-state index in [4.69, 9.17) is 4.74 Å². The smallest absolute Gasteiger partial charge is 0.266 e. The molecular weight excluding hydrogens is 290 g/mol. The van der Waals surface area contributed by atoms with Crippen LogP contribution in [0.3, 0.4) is 0 Å². The highest BCUT2D eigenvalue weighted by Gasteiger charge is 2.59. The summed E-state index contributed by atoms with van der Waals surface area (Å²) in [5.74, 6) is 0.312. The van der Waals surface area contributed by atoms with Gasteiger partial charge in [0.15, 0.2) is 5.60 Å². The summed E-state index contributed by atoms with van der Waals surface area (Å²) in [6.45, 7) is 3.48. The molecule has 1 fully saturated rings. The van der Waals surface area contributed by atoms with E-state index in [9.17, 15) is 9.90 Å². The first-order valence-corrected chi connectivity index (χ1v) is 7.24. The molecule has 2 atom stereocenters. The largest absolute Gasteiger partial charge is 0.497 e. The van der Waals surface area contributed by atoms with E-state index in [0.29, 0.717) is 11.4 Å². The Morgan fingerprint density at radius 1 is 1.22 bits per heavy atom. The Morgan fingerprint density at radius 2 is 1.87 bits per heavy atom. The number of aliphatic hydroxyl groups is 1. The zero-order valence-corrected chi connectivity index (χ0v) is 12.8. The first-order valence-electron chi connectivity index (χ1n) is 7.24. The first kappa shape index (κ1) is 15.1. The van der Waals surface area contributed by atoms with E-state index in [1.54, 1.807) is 36.3 Å². The van der Waals surface area contributed by atoms with Crippen LogP contribution in [0.15, 0.2) is 73.0 Å². The molecule has 0 spiro atoms. The second-order valence-electron chi connectivity index (χ2n) is 5.36. The molecule has 2 aromatic rings. The van der Waals surface area contributed by atoms with Crippen molar-refractivity contribution in [2.75, 3.05) is 12.0 Å². The Labute approximate surface area is 134 Å². The molecule has 0 unspecified atom stereocenters. The van der Waals surface area contributed by atoms with Gasteiger partial charge in [0.1, 0.15) is 11.8 Å². The van der Waals surface area contributed by atoms with E-state index in [2.05, 4.69) is 12.3 Å². The van der Waals surface area contributed by atoms with Gasteiger partial charge in [-0.2, -0.15) is 0 Å². The van der Waals surface area contributed by atoms with E-state index in [1.807, 2.05) is 30.3 Å². The Bertz CT molecular complexity index is 763. The molecule has 2 aromatic carbocycles. The van der Waals surface area contributed by atoms with Crippen LogP contribution in [0.2, 0.25) is 0 Å². The number of ether oxygens (including phenoxy) is 1. The molecule has 1 aliphatic heterocycles. The quantitative estimate of drug-likeness (QED) is 0.698. The van der Waals surface area contributed by atoms with Crippen molar-refractivity contribution >= 4 is 11.6 Å². The lowest BCUT2D eigenvalue weighted by Crippen LogP contribution is -2.67. The van der Waals surface area contributed by atoms with Gasteiger partial charge in [-0.3, -0.25) is 9.69 Å². The van der Waals surface area contributed by atoms with Crippen molar-refractivity contribution in [3.8, 4) is 5.75 Å². The molecule has 3 rings (SSSR count). The van der Waals surface area contributed by atoms with Crippen LogP contribution in [0.5, 0.6) is 5.75 Å². The van der Waals surface area contributed by atoms with Gasteiger partial charge in [-0.1, -0.05) is 36.9 Å². The summed E-state index contributed by atoms with van der Waals surface area (Å²) in [7, 11) is 1.59. The maximum atomic E-state index is 12.6. The molecule has 0 aliphatic carbocycles. The number of nitrogens with zero attached hydrogens (tertiary/aromatic N) is 1. The fourth-order valence-electron chi connectivity index (χ4n) is 2.90. The normalized spacial score (nSPS) is 23.0. The number of amides is 1. The maximum absolute atomic E-state index is 12.6. The standard InChI is InChI=1S/C19H17NO3/c1-3-13-19(22)17(14-7-5-4-6-8-14)20(18(19)21)15-9-11-16(23-2)12-10-15/h4-13,17,22H,1H2,2H3/t17-,19+/m1/s1. The molecule has 1 saturated heterocycles. The third kappa shape index (κ3) is 2.34. The zero-order valence-electron chi connectivity index (χ0n) is 12.8. The van der Waals surface area contributed by atoms with Gasteiger partial charge in [-0.15, -0.1) is 5.73 Å². The van der Waals surface area contributed by atoms with Gasteiger partial charge < -0.3 is 9.84 Å². The number of methoxy groups -OCH3 is 1. The van der Waals surface area contributed by atoms with E-state index in [-0.39, 0.29) is 0 Å². The molecule has 1 aliphatic rings. The zero-order chi connectivity index (χ0) is 16.4. The third-order valence-electron chi connectivity index (χ3n) is 4.02. The molecule has 1 N–H and O–H groups in total. The number of carbonyl (C=O) groups excluding carboxylic acids is 1. The number of rotatable bonds is 4. The van der Waals surface area contributed by atoms with Crippen LogP contribution in [0, 0.1) is 0 Å². The van der Waals surface area contributed by atoms with Gasteiger partial charge in [0.25, 0.3) is 5.91 Å². The van der Waals surface area contributed by atoms with Crippen LogP contribution in [0.25, 0.3) is 0 Å². The molecule has 1 amide bonds. The van der Waals surface area contributed by atoms with Gasteiger partial charge in [0.2, 0.25) is 0 Å². The monoisotopic (exact) mass is 307 g/mol. The minimum atomic E-state index is -1.62. The third-order valence-corrected chi connectivity index (χ3v) is 4.02. The van der Waals surface area contributed by atoms with Crippen molar-refractivity contribution in [1.29, 1.82) is 0 Å². The Balaban J connectivity index is 2.04. The van der Waals surface area contributed by atoms with E-state index < -0.39 is 17.6 Å². The lowest BCUT2D eigenvalue weighted by Gasteiger charge is -2.51. The lowest BCUT2D eigenvalue weighted by atomic mass is 9.77. The number of hydrogen-bond donors (Lipinski definition) is 1. The number of carbonyl (C=O) groups is 1. The molecule has 116 valence electrons. The summed E-state index contributed by atoms with van der Waals surface area (Å²) < 4.78 is 5.14. The lowest BCUT2D eigenvalue weighted by molar-refractivity contribution is -0.146. The SMILES string of the molecule is C=C=C[C@@]1(O)C(=O)N(c2ccc(OC)cc2)[C@@H]1c1ccccc1. The summed E-state index contributed by atoms with van der Waals surface area (Å²) in [6.07, 6.45) is 1.33. The summed E-state index contributed by atoms with van der Waals surface area (Å²) in [5, 5.41) is 10.8. The molecule has 4 heteroatoms. The van der Waals surface area contributed by atoms with Gasteiger partial charge in [0.05, 0.1) is 7.11 Å². The van der Waals surface area contributed by atoms with Gasteiger partial charge in [-0.25, -0.2) is 0 Å². The van der Waals surface area contributed by atoms with E-state index in [1.165, 1.54) is 6.08 Å². The van der Waals surface area contributed by atoms with Crippen molar-refractivity contribution in [1.82, 2.24) is 0 Å². The summed E-state index contributed by atoms with van der Waals surface area (Å²) in [4.78, 5) is 14.1. The molecule has 0 saturated carbocycles. The second kappa shape index (κ2) is 5.76. The van der Waals surface area contributed by atoms with E-state index >= 15 is 0 Å². The molecule has 1 heterocycles. The van der Waals surface area contributed by atoms with Crippen LogP contribution in [0.1, 0.15) is 11.6 Å². The minimum Gasteiger partial charge on any atom is -0.497 e. The van der Waals surface area contributed by atoms with Crippen LogP contribution >= 0.6 is 0 Å². The number of β-lactam (4-membered cyclic amide) rings is 1. The minimum absolute atomic E-state index is 0.396. The number of hydrogen-bond acceptors (Lipinski definition) is 3. The summed E-state index contributed by atoms with van der Waals surface area (Å²) in [6, 6.07) is 16.1. The molecule has 23 heavy (non-hydrogen) atoms. The van der Waals surface area contributed by atoms with Crippen molar-refractivity contribution < 1.29 is 14.6 Å². The highest BCUT2D eigenvalue weighted by Crippen LogP contribution is 2.47. The predicted octanol–water partition coefficient (Wildman–Crippen LogP) is 2.86. The predicted molar refractivity (Wildman–Crippen MR) is 88.3 cm³/mol. The molecule has 4 nitrogen and oxygen atoms in total. The van der Waals surface area contributed by atoms with Crippen LogP contribution < -0.4 is 9.64 Å². The topological polar surface area (TPSA) is 49.8 Å². The van der Waals surface area contributed by atoms with Crippen molar-refractivity contribution in [2.45, 2.75) is 11.6 Å². The van der Waals surface area contributed by atoms with Crippen molar-refractivity contribution in [3.63, 3.8) is 0 Å². The second-order valence-corrected chi connectivity index (χ2v) is 5.36. The highest BCUT2D eigenvalue weighted by atomic mass is 16.5. The molecule has 0 bridgehead atoms. The van der Waals surface area contributed by atoms with Gasteiger partial charge in [-0.05, 0) is 29.8 Å². The van der Waals surface area contributed by atoms with Crippen LogP contribution in [0.4, 0.5) is 5.69 Å². The molecular formula is C19H17NO3. The number of anilines is 1. The Hall–Kier alpha value is -2.81. The van der Waals surface area contributed by atoms with Crippen molar-refractivity contribution in [3.05, 3.63) is 78.5 Å². The molecule has 0 aromatic heterocycles. The van der Waals surface area contributed by atoms with Crippen LogP contribution in [-0.4, -0.2) is 23.7 Å². The van der Waals surface area contributed by atoms with Crippen LogP contribution in [-0.2, 0) is 4.79 Å². The molecule has 0 radical (unpaired) electrons. The Kier molecular flexibility index (Phi) is 3.78. The van der Waals surface area contributed by atoms with Gasteiger partial charge >= 0.3 is 0 Å². The average molecular weight is 307 g/mol. The average Bonchev–Trinajstić information content (AvgIpc) is 2.60. The summed E-state index contributed by atoms with van der Waals surface area (Å²) in [5.41, 5.74) is 2.46. The maximum Gasteiger partial charge on any atom is 0.266 e. The fraction of sp³-hybridized carbons (Fsp3) is 0.158.